The topological polar surface area (TPSA) is 132 Å². The highest BCUT2D eigenvalue weighted by Crippen LogP contribution is 2.34. The van der Waals surface area contributed by atoms with Gasteiger partial charge in [0.25, 0.3) is 0 Å². The number of rotatable bonds is 7. The molecule has 0 radical (unpaired) electrons. The number of benzene rings is 1. The van der Waals surface area contributed by atoms with Crippen LogP contribution in [0.25, 0.3) is 11.2 Å². The predicted octanol–water partition coefficient (Wildman–Crippen LogP) is 5.55. The van der Waals surface area contributed by atoms with Gasteiger partial charge in [0.15, 0.2) is 17.0 Å². The Bertz CT molecular complexity index is 1300. The second-order valence-corrected chi connectivity index (χ2v) is 11.4. The van der Waals surface area contributed by atoms with Crippen molar-refractivity contribution in [1.82, 2.24) is 24.4 Å². The Balaban J connectivity index is 0.00000202. The summed E-state index contributed by atoms with van der Waals surface area (Å²) in [7, 11) is 1.61. The molecule has 3 heterocycles. The van der Waals surface area contributed by atoms with Crippen LogP contribution in [0.3, 0.4) is 0 Å². The van der Waals surface area contributed by atoms with Crippen LogP contribution in [0, 0.1) is 0 Å². The van der Waals surface area contributed by atoms with E-state index in [4.69, 9.17) is 30.2 Å². The van der Waals surface area contributed by atoms with Gasteiger partial charge in [0.05, 0.1) is 13.4 Å². The second kappa shape index (κ2) is 14.4. The maximum Gasteiger partial charge on any atom is 0.415 e. The molecule has 6 rings (SSSR count). The van der Waals surface area contributed by atoms with Crippen LogP contribution < -0.4 is 25.8 Å². The fourth-order valence-corrected chi connectivity index (χ4v) is 6.19. The molecule has 42 heavy (non-hydrogen) atoms. The largest absolute Gasteiger partial charge is 0.497 e. The van der Waals surface area contributed by atoms with Gasteiger partial charge in [-0.1, -0.05) is 12.8 Å². The van der Waals surface area contributed by atoms with E-state index in [1.807, 2.05) is 6.33 Å². The average molecular weight is 622 g/mol. The number of imidazole rings is 1. The van der Waals surface area contributed by atoms with E-state index in [9.17, 15) is 4.79 Å². The Morgan fingerprint density at radius 3 is 2.19 bits per heavy atom. The van der Waals surface area contributed by atoms with Gasteiger partial charge in [-0.05, 0) is 75.6 Å². The molecule has 1 aromatic carbocycles. The molecule has 1 amide bonds. The first-order valence-corrected chi connectivity index (χ1v) is 14.7. The van der Waals surface area contributed by atoms with Crippen LogP contribution in [-0.2, 0) is 0 Å². The highest BCUT2D eigenvalue weighted by Gasteiger charge is 2.27. The predicted molar refractivity (Wildman–Crippen MR) is 168 cm³/mol. The van der Waals surface area contributed by atoms with E-state index in [-0.39, 0.29) is 36.9 Å². The number of likely N-dealkylation sites (tertiary alicyclic amines) is 1. The maximum atomic E-state index is 12.7. The first-order valence-electron chi connectivity index (χ1n) is 14.7. The number of aromatic nitrogens is 4. The van der Waals surface area contributed by atoms with E-state index in [0.29, 0.717) is 42.9 Å². The minimum atomic E-state index is -0.331. The highest BCUT2D eigenvalue weighted by atomic mass is 35.5. The minimum absolute atomic E-state index is 0. The maximum absolute atomic E-state index is 12.7. The van der Waals surface area contributed by atoms with Crippen molar-refractivity contribution in [2.24, 2.45) is 5.73 Å². The second-order valence-electron chi connectivity index (χ2n) is 11.4. The Labute approximate surface area is 259 Å². The first-order chi connectivity index (χ1) is 19.6. The number of halogens is 2. The Kier molecular flexibility index (Phi) is 11.0. The molecule has 0 atom stereocenters. The molecule has 0 bridgehead atoms. The molecule has 1 aliphatic heterocycles. The number of anilines is 2. The number of ether oxygens (including phenoxy) is 2. The number of methoxy groups -OCH3 is 1. The van der Waals surface area contributed by atoms with Gasteiger partial charge in [-0.2, -0.15) is 9.97 Å². The number of amides is 1. The molecule has 3 fully saturated rings. The molecule has 3 aromatic rings. The van der Waals surface area contributed by atoms with Crippen LogP contribution in [0.1, 0.15) is 70.3 Å². The summed E-state index contributed by atoms with van der Waals surface area (Å²) in [6.45, 7) is 1.20. The third kappa shape index (κ3) is 7.30. The number of carbonyl (C=O) groups excluding carboxylic acids is 1. The lowest BCUT2D eigenvalue weighted by atomic mass is 9.92. The van der Waals surface area contributed by atoms with Crippen molar-refractivity contribution in [2.45, 2.75) is 88.4 Å². The van der Waals surface area contributed by atoms with Gasteiger partial charge in [-0.15, -0.1) is 24.8 Å². The van der Waals surface area contributed by atoms with E-state index >= 15 is 0 Å². The van der Waals surface area contributed by atoms with Crippen LogP contribution in [0.15, 0.2) is 30.6 Å². The van der Waals surface area contributed by atoms with Gasteiger partial charge in [0, 0.05) is 37.3 Å². The monoisotopic (exact) mass is 620 g/mol. The van der Waals surface area contributed by atoms with Crippen LogP contribution >= 0.6 is 24.8 Å². The first kappa shape index (κ1) is 31.9. The normalized spacial score (nSPS) is 21.3. The Morgan fingerprint density at radius 2 is 1.52 bits per heavy atom. The van der Waals surface area contributed by atoms with Gasteiger partial charge < -0.3 is 35.3 Å². The lowest BCUT2D eigenvalue weighted by Crippen LogP contribution is -2.43. The zero-order valence-corrected chi connectivity index (χ0v) is 25.7. The van der Waals surface area contributed by atoms with Gasteiger partial charge in [0.1, 0.15) is 11.5 Å². The van der Waals surface area contributed by atoms with Crippen molar-refractivity contribution in [3.63, 3.8) is 0 Å². The molecule has 2 saturated carbocycles. The summed E-state index contributed by atoms with van der Waals surface area (Å²) < 4.78 is 13.0. The van der Waals surface area contributed by atoms with Crippen LogP contribution in [0.2, 0.25) is 0 Å². The molecule has 2 aromatic heterocycles. The van der Waals surface area contributed by atoms with Crippen molar-refractivity contribution >= 4 is 53.8 Å². The van der Waals surface area contributed by atoms with Crippen LogP contribution in [0.5, 0.6) is 11.5 Å². The van der Waals surface area contributed by atoms with Crippen molar-refractivity contribution < 1.29 is 14.3 Å². The van der Waals surface area contributed by atoms with Crippen molar-refractivity contribution in [2.75, 3.05) is 30.8 Å². The van der Waals surface area contributed by atoms with E-state index in [0.717, 1.165) is 74.1 Å². The van der Waals surface area contributed by atoms with Gasteiger partial charge in [-0.3, -0.25) is 0 Å². The zero-order valence-electron chi connectivity index (χ0n) is 24.0. The molecular formula is C29H42Cl2N8O3. The molecule has 4 N–H and O–H groups in total. The van der Waals surface area contributed by atoms with Crippen molar-refractivity contribution in [3.05, 3.63) is 30.6 Å². The van der Waals surface area contributed by atoms with Crippen LogP contribution in [-0.4, -0.2) is 68.8 Å². The highest BCUT2D eigenvalue weighted by molar-refractivity contribution is 5.86. The van der Waals surface area contributed by atoms with E-state index < -0.39 is 0 Å². The quantitative estimate of drug-likeness (QED) is 0.311. The number of hydrogen-bond acceptors (Lipinski definition) is 9. The van der Waals surface area contributed by atoms with Crippen molar-refractivity contribution in [1.29, 1.82) is 0 Å². The fourth-order valence-electron chi connectivity index (χ4n) is 6.19. The van der Waals surface area contributed by atoms with Crippen LogP contribution in [0.4, 0.5) is 16.6 Å². The smallest absolute Gasteiger partial charge is 0.415 e. The van der Waals surface area contributed by atoms with Gasteiger partial charge >= 0.3 is 6.09 Å². The molecule has 11 nitrogen and oxygen atoms in total. The molecule has 0 spiro atoms. The van der Waals surface area contributed by atoms with E-state index in [1.54, 1.807) is 36.3 Å². The summed E-state index contributed by atoms with van der Waals surface area (Å²) in [5.41, 5.74) is 7.83. The van der Waals surface area contributed by atoms with Crippen molar-refractivity contribution in [3.8, 4) is 11.5 Å². The van der Waals surface area contributed by atoms with E-state index in [1.165, 1.54) is 12.8 Å². The molecule has 230 valence electrons. The SMILES string of the molecule is COc1ccc(OC(=O)N2CCC(Nc3nc(NC4CCC(N)CC4)nc4c3ncn4C3CCCC3)CC2)cc1.Cl.Cl. The molecule has 0 unspecified atom stereocenters. The van der Waals surface area contributed by atoms with Gasteiger partial charge in [-0.25, -0.2) is 9.78 Å². The summed E-state index contributed by atoms with van der Waals surface area (Å²) in [6, 6.07) is 8.26. The number of hydrogen-bond donors (Lipinski definition) is 3. The third-order valence-electron chi connectivity index (χ3n) is 8.60. The summed E-state index contributed by atoms with van der Waals surface area (Å²) in [4.78, 5) is 29.1. The summed E-state index contributed by atoms with van der Waals surface area (Å²) in [5.74, 6) is 2.64. The zero-order chi connectivity index (χ0) is 27.5. The molecular weight excluding hydrogens is 579 g/mol. The summed E-state index contributed by atoms with van der Waals surface area (Å²) in [5, 5.41) is 7.25. The average Bonchev–Trinajstić information content (AvgIpc) is 3.65. The number of piperidine rings is 1. The lowest BCUT2D eigenvalue weighted by Gasteiger charge is -2.32. The number of fused-ring (bicyclic) bond motifs is 1. The Hall–Kier alpha value is -3.02. The fraction of sp³-hybridized carbons (Fsp3) is 0.586. The van der Waals surface area contributed by atoms with Gasteiger partial charge in [0.2, 0.25) is 5.95 Å². The number of carbonyl (C=O) groups is 1. The third-order valence-corrected chi connectivity index (χ3v) is 8.60. The number of nitrogens with one attached hydrogen (secondary N) is 2. The standard InChI is InChI=1S/C29H40N8O3.2ClH/c1-39-23-10-12-24(13-11-23)40-29(38)36-16-14-21(15-17-36)32-26-25-27(37(18-31-25)22-4-2-3-5-22)35-28(34-26)33-20-8-6-19(30)7-9-20;;/h10-13,18-22H,2-9,14-17,30H2,1H3,(H2,32,33,34,35);2*1H. The number of nitrogens with two attached hydrogens (primary N) is 1. The van der Waals surface area contributed by atoms with E-state index in [2.05, 4.69) is 15.2 Å². The summed E-state index contributed by atoms with van der Waals surface area (Å²) in [6.07, 6.45) is 12.1. The molecule has 13 heteroatoms. The lowest BCUT2D eigenvalue weighted by molar-refractivity contribution is 0.140. The molecule has 3 aliphatic rings. The minimum Gasteiger partial charge on any atom is -0.497 e. The number of nitrogens with zero attached hydrogens (tertiary/aromatic N) is 5. The summed E-state index contributed by atoms with van der Waals surface area (Å²) >= 11 is 0. The molecule has 2 aliphatic carbocycles. The molecule has 1 saturated heterocycles. The Morgan fingerprint density at radius 1 is 0.881 bits per heavy atom.